The molecule has 2 fully saturated rings. The molecule has 2 saturated carbocycles. The monoisotopic (exact) mass is 238 g/mol. The van der Waals surface area contributed by atoms with E-state index in [1.54, 1.807) is 0 Å². The van der Waals surface area contributed by atoms with Gasteiger partial charge in [0.15, 0.2) is 0 Å². The molecular weight excluding hydrogens is 208 g/mol. The van der Waals surface area contributed by atoms with E-state index in [2.05, 4.69) is 13.8 Å². The van der Waals surface area contributed by atoms with Gasteiger partial charge >= 0.3 is 0 Å². The fourth-order valence-corrected chi connectivity index (χ4v) is 4.09. The summed E-state index contributed by atoms with van der Waals surface area (Å²) < 4.78 is 0. The Morgan fingerprint density at radius 3 is 1.53 bits per heavy atom. The van der Waals surface area contributed by atoms with Gasteiger partial charge in [0.2, 0.25) is 0 Å². The molecule has 0 bridgehead atoms. The molecule has 2 heteroatoms. The quantitative estimate of drug-likeness (QED) is 0.777. The van der Waals surface area contributed by atoms with Crippen LogP contribution in [-0.4, -0.2) is 12.1 Å². The Morgan fingerprint density at radius 1 is 0.765 bits per heavy atom. The van der Waals surface area contributed by atoms with Gasteiger partial charge < -0.3 is 11.5 Å². The van der Waals surface area contributed by atoms with Crippen LogP contribution in [0, 0.1) is 23.7 Å². The van der Waals surface area contributed by atoms with Gasteiger partial charge in [-0.05, 0) is 68.6 Å². The smallest absolute Gasteiger partial charge is 0.00415 e. The summed E-state index contributed by atoms with van der Waals surface area (Å²) in [7, 11) is 0. The normalized spacial score (nSPS) is 48.0. The average Bonchev–Trinajstić information content (AvgIpc) is 2.25. The van der Waals surface area contributed by atoms with Gasteiger partial charge in [0.1, 0.15) is 0 Å². The zero-order valence-electron chi connectivity index (χ0n) is 11.6. The first-order valence-corrected chi connectivity index (χ1v) is 7.57. The minimum atomic E-state index is 0.471. The molecule has 0 radical (unpaired) electrons. The van der Waals surface area contributed by atoms with Gasteiger partial charge in [-0.15, -0.1) is 0 Å². The third-order valence-corrected chi connectivity index (χ3v) is 5.38. The maximum Gasteiger partial charge on any atom is 0.00415 e. The van der Waals surface area contributed by atoms with Crippen molar-refractivity contribution in [1.82, 2.24) is 0 Å². The number of hydrogen-bond donors (Lipinski definition) is 2. The van der Waals surface area contributed by atoms with E-state index >= 15 is 0 Å². The molecule has 0 aromatic carbocycles. The second kappa shape index (κ2) is 5.71. The summed E-state index contributed by atoms with van der Waals surface area (Å²) >= 11 is 0. The van der Waals surface area contributed by atoms with Crippen LogP contribution in [0.3, 0.4) is 0 Å². The molecule has 6 atom stereocenters. The first-order chi connectivity index (χ1) is 8.06. The highest BCUT2D eigenvalue weighted by Gasteiger charge is 2.32. The van der Waals surface area contributed by atoms with Crippen LogP contribution in [0.2, 0.25) is 0 Å². The van der Waals surface area contributed by atoms with E-state index in [9.17, 15) is 0 Å². The molecule has 17 heavy (non-hydrogen) atoms. The molecular formula is C15H30N2. The number of hydrogen-bond acceptors (Lipinski definition) is 2. The van der Waals surface area contributed by atoms with Crippen LogP contribution in [-0.2, 0) is 0 Å². The highest BCUT2D eigenvalue weighted by atomic mass is 14.7. The van der Waals surface area contributed by atoms with Crippen molar-refractivity contribution in [3.05, 3.63) is 0 Å². The van der Waals surface area contributed by atoms with Crippen LogP contribution in [0.5, 0.6) is 0 Å². The lowest BCUT2D eigenvalue weighted by molar-refractivity contribution is 0.139. The third kappa shape index (κ3) is 3.45. The zero-order chi connectivity index (χ0) is 12.4. The lowest BCUT2D eigenvalue weighted by atomic mass is 9.68. The van der Waals surface area contributed by atoms with Crippen molar-refractivity contribution in [3.8, 4) is 0 Å². The Bertz CT molecular complexity index is 217. The van der Waals surface area contributed by atoms with Gasteiger partial charge in [0, 0.05) is 12.1 Å². The van der Waals surface area contributed by atoms with Gasteiger partial charge in [0.05, 0.1) is 0 Å². The van der Waals surface area contributed by atoms with Crippen LogP contribution in [0.1, 0.15) is 58.8 Å². The molecule has 0 saturated heterocycles. The minimum absolute atomic E-state index is 0.471. The summed E-state index contributed by atoms with van der Waals surface area (Å²) in [5.41, 5.74) is 12.1. The van der Waals surface area contributed by atoms with E-state index in [4.69, 9.17) is 11.5 Å². The van der Waals surface area contributed by atoms with E-state index in [-0.39, 0.29) is 0 Å². The summed E-state index contributed by atoms with van der Waals surface area (Å²) in [5, 5.41) is 0. The van der Waals surface area contributed by atoms with Gasteiger partial charge in [-0.25, -0.2) is 0 Å². The Kier molecular flexibility index (Phi) is 4.48. The highest BCUT2D eigenvalue weighted by Crippen LogP contribution is 2.39. The first-order valence-electron chi connectivity index (χ1n) is 7.57. The Labute approximate surface area is 107 Å². The molecule has 100 valence electrons. The Hall–Kier alpha value is -0.0800. The molecule has 0 aromatic heterocycles. The lowest BCUT2D eigenvalue weighted by Crippen LogP contribution is -2.36. The topological polar surface area (TPSA) is 52.0 Å². The number of rotatable bonds is 2. The molecule has 0 amide bonds. The molecule has 0 heterocycles. The van der Waals surface area contributed by atoms with Crippen molar-refractivity contribution in [2.24, 2.45) is 35.1 Å². The van der Waals surface area contributed by atoms with Crippen LogP contribution < -0.4 is 11.5 Å². The van der Waals surface area contributed by atoms with E-state index in [1.807, 2.05) is 0 Å². The molecule has 0 aromatic rings. The maximum atomic E-state index is 6.05. The highest BCUT2D eigenvalue weighted by molar-refractivity contribution is 4.85. The van der Waals surface area contributed by atoms with Crippen molar-refractivity contribution in [2.75, 3.05) is 0 Å². The Balaban J connectivity index is 1.84. The van der Waals surface area contributed by atoms with Crippen LogP contribution in [0.4, 0.5) is 0 Å². The fourth-order valence-electron chi connectivity index (χ4n) is 4.09. The summed E-state index contributed by atoms with van der Waals surface area (Å²) in [6, 6.07) is 0.942. The number of nitrogens with two attached hydrogens (primary N) is 2. The van der Waals surface area contributed by atoms with Crippen molar-refractivity contribution in [3.63, 3.8) is 0 Å². The largest absolute Gasteiger partial charge is 0.328 e. The Morgan fingerprint density at radius 2 is 1.18 bits per heavy atom. The second-order valence-electron chi connectivity index (χ2n) is 6.86. The molecule has 2 aliphatic carbocycles. The van der Waals surface area contributed by atoms with E-state index in [0.29, 0.717) is 12.1 Å². The van der Waals surface area contributed by atoms with Crippen molar-refractivity contribution in [2.45, 2.75) is 70.9 Å². The van der Waals surface area contributed by atoms with Crippen molar-refractivity contribution in [1.29, 1.82) is 0 Å². The molecule has 0 unspecified atom stereocenters. The van der Waals surface area contributed by atoms with Gasteiger partial charge in [-0.1, -0.05) is 13.8 Å². The van der Waals surface area contributed by atoms with E-state index < -0.39 is 0 Å². The summed E-state index contributed by atoms with van der Waals surface area (Å²) in [6.45, 7) is 4.81. The standard InChI is InChI=1S/C15H30N2/c1-10-7-14(16)5-3-12(10)9-13-4-6-15(17)8-11(13)2/h10-15H,3-9,16-17H2,1-2H3/t10-,11-,12-,13+,14-,15+/m1/s1. The predicted molar refractivity (Wildman–Crippen MR) is 73.6 cm³/mol. The van der Waals surface area contributed by atoms with Crippen LogP contribution >= 0.6 is 0 Å². The lowest BCUT2D eigenvalue weighted by Gasteiger charge is -2.39. The van der Waals surface area contributed by atoms with Crippen molar-refractivity contribution < 1.29 is 0 Å². The third-order valence-electron chi connectivity index (χ3n) is 5.38. The SMILES string of the molecule is C[C@@H]1C[C@H](N)CC[C@@H]1C[C@@H]1CC[C@H](N)C[C@H]1C. The van der Waals surface area contributed by atoms with Gasteiger partial charge in [-0.3, -0.25) is 0 Å². The maximum absolute atomic E-state index is 6.05. The predicted octanol–water partition coefficient (Wildman–Crippen LogP) is 2.90. The molecule has 0 aliphatic heterocycles. The molecule has 2 aliphatic rings. The van der Waals surface area contributed by atoms with Crippen LogP contribution in [0.15, 0.2) is 0 Å². The van der Waals surface area contributed by atoms with Gasteiger partial charge in [-0.2, -0.15) is 0 Å². The van der Waals surface area contributed by atoms with Crippen LogP contribution in [0.25, 0.3) is 0 Å². The van der Waals surface area contributed by atoms with Gasteiger partial charge in [0.25, 0.3) is 0 Å². The van der Waals surface area contributed by atoms with E-state index in [0.717, 1.165) is 23.7 Å². The van der Waals surface area contributed by atoms with E-state index in [1.165, 1.54) is 44.9 Å². The minimum Gasteiger partial charge on any atom is -0.328 e. The zero-order valence-corrected chi connectivity index (χ0v) is 11.6. The summed E-state index contributed by atoms with van der Waals surface area (Å²) in [5.74, 6) is 3.52. The fraction of sp³-hybridized carbons (Fsp3) is 1.00. The van der Waals surface area contributed by atoms with Crippen molar-refractivity contribution >= 4 is 0 Å². The average molecular weight is 238 g/mol. The molecule has 2 nitrogen and oxygen atoms in total. The second-order valence-corrected chi connectivity index (χ2v) is 6.86. The molecule has 4 N–H and O–H groups in total. The molecule has 0 spiro atoms. The summed E-state index contributed by atoms with van der Waals surface area (Å²) in [6.07, 6.45) is 9.12. The summed E-state index contributed by atoms with van der Waals surface area (Å²) in [4.78, 5) is 0. The first kappa shape index (κ1) is 13.4. The molecule has 2 rings (SSSR count).